The molecule has 0 aromatic heterocycles. The molecule has 0 radical (unpaired) electrons. The van der Waals surface area contributed by atoms with E-state index in [1.54, 1.807) is 6.07 Å². The number of carbonyl (C=O) groups excluding carboxylic acids is 1. The van der Waals surface area contributed by atoms with E-state index in [1.165, 1.54) is 12.1 Å². The van der Waals surface area contributed by atoms with Gasteiger partial charge in [0.1, 0.15) is 17.3 Å². The van der Waals surface area contributed by atoms with Crippen LogP contribution in [0.5, 0.6) is 11.5 Å². The van der Waals surface area contributed by atoms with Gasteiger partial charge in [-0.2, -0.15) is 0 Å². The quantitative estimate of drug-likeness (QED) is 0.779. The van der Waals surface area contributed by atoms with Gasteiger partial charge in [0.05, 0.1) is 5.56 Å². The van der Waals surface area contributed by atoms with E-state index in [2.05, 4.69) is 6.92 Å². The normalized spacial score (nSPS) is 16.6. The number of ether oxygens (including phenoxy) is 1. The Bertz CT molecular complexity index is 776. The molecule has 1 aliphatic rings. The fourth-order valence-corrected chi connectivity index (χ4v) is 3.65. The molecule has 2 aromatic carbocycles. The number of nitrogens with two attached hydrogens (primary N) is 1. The monoisotopic (exact) mass is 370 g/mol. The average Bonchev–Trinajstić information content (AvgIpc) is 3.13. The summed E-state index contributed by atoms with van der Waals surface area (Å²) in [7, 11) is 0. The fourth-order valence-electron chi connectivity index (χ4n) is 3.65. The Morgan fingerprint density at radius 1 is 1.22 bits per heavy atom. The van der Waals surface area contributed by atoms with Crippen LogP contribution in [0.25, 0.3) is 0 Å². The lowest BCUT2D eigenvalue weighted by Crippen LogP contribution is -2.35. The summed E-state index contributed by atoms with van der Waals surface area (Å²) in [5.41, 5.74) is 6.77. The van der Waals surface area contributed by atoms with Crippen LogP contribution >= 0.6 is 0 Å². The zero-order chi connectivity index (χ0) is 19.2. The van der Waals surface area contributed by atoms with Gasteiger partial charge in [0.15, 0.2) is 0 Å². The predicted molar refractivity (Wildman–Crippen MR) is 105 cm³/mol. The molecular formula is C22H27FN2O2. The molecule has 27 heavy (non-hydrogen) atoms. The summed E-state index contributed by atoms with van der Waals surface area (Å²) in [5, 5.41) is 0. The lowest BCUT2D eigenvalue weighted by atomic mass is 10.1. The minimum atomic E-state index is -0.507. The largest absolute Gasteiger partial charge is 0.457 e. The third-order valence-corrected chi connectivity index (χ3v) is 5.02. The first kappa shape index (κ1) is 19.4. The maximum atomic E-state index is 14.3. The average molecular weight is 370 g/mol. The van der Waals surface area contributed by atoms with Gasteiger partial charge >= 0.3 is 0 Å². The minimum Gasteiger partial charge on any atom is -0.457 e. The van der Waals surface area contributed by atoms with Crippen LogP contribution in [0.2, 0.25) is 0 Å². The van der Waals surface area contributed by atoms with E-state index in [4.69, 9.17) is 10.5 Å². The molecule has 0 spiro atoms. The second-order valence-electron chi connectivity index (χ2n) is 7.01. The van der Waals surface area contributed by atoms with Crippen molar-refractivity contribution in [1.29, 1.82) is 0 Å². The Labute approximate surface area is 160 Å². The van der Waals surface area contributed by atoms with Gasteiger partial charge in [-0.3, -0.25) is 4.79 Å². The lowest BCUT2D eigenvalue weighted by molar-refractivity contribution is 0.0725. The minimum absolute atomic E-state index is 0.0789. The molecule has 144 valence electrons. The Balaban J connectivity index is 1.76. The summed E-state index contributed by atoms with van der Waals surface area (Å²) in [5.74, 6) is 0.350. The Kier molecular flexibility index (Phi) is 6.45. The zero-order valence-electron chi connectivity index (χ0n) is 15.8. The molecule has 0 aliphatic carbocycles. The maximum Gasteiger partial charge on any atom is 0.257 e. The van der Waals surface area contributed by atoms with Crippen LogP contribution in [-0.2, 0) is 6.42 Å². The smallest absolute Gasteiger partial charge is 0.257 e. The van der Waals surface area contributed by atoms with Crippen LogP contribution in [0.1, 0.15) is 48.5 Å². The van der Waals surface area contributed by atoms with Crippen molar-refractivity contribution in [2.45, 2.75) is 45.1 Å². The third-order valence-electron chi connectivity index (χ3n) is 5.02. The second kappa shape index (κ2) is 9.00. The van der Waals surface area contributed by atoms with Crippen LogP contribution < -0.4 is 10.5 Å². The molecule has 1 amide bonds. The van der Waals surface area contributed by atoms with Crippen molar-refractivity contribution >= 4 is 5.91 Å². The highest BCUT2D eigenvalue weighted by molar-refractivity contribution is 5.95. The van der Waals surface area contributed by atoms with Crippen LogP contribution in [0.4, 0.5) is 4.39 Å². The third kappa shape index (κ3) is 4.66. The zero-order valence-corrected chi connectivity index (χ0v) is 15.8. The van der Waals surface area contributed by atoms with Gasteiger partial charge in [0.25, 0.3) is 5.91 Å². The molecule has 0 saturated carbocycles. The van der Waals surface area contributed by atoms with E-state index in [-0.39, 0.29) is 17.5 Å². The summed E-state index contributed by atoms with van der Waals surface area (Å²) in [4.78, 5) is 14.7. The van der Waals surface area contributed by atoms with E-state index in [1.807, 2.05) is 29.2 Å². The van der Waals surface area contributed by atoms with Crippen LogP contribution in [0.15, 0.2) is 42.5 Å². The van der Waals surface area contributed by atoms with Gasteiger partial charge in [-0.25, -0.2) is 4.39 Å². The Morgan fingerprint density at radius 2 is 1.96 bits per heavy atom. The van der Waals surface area contributed by atoms with Crippen molar-refractivity contribution in [3.8, 4) is 11.5 Å². The van der Waals surface area contributed by atoms with E-state index in [0.29, 0.717) is 24.6 Å². The van der Waals surface area contributed by atoms with Crippen molar-refractivity contribution in [2.24, 2.45) is 5.73 Å². The van der Waals surface area contributed by atoms with Gasteiger partial charge in [-0.1, -0.05) is 25.5 Å². The number of amides is 1. The van der Waals surface area contributed by atoms with E-state index in [9.17, 15) is 9.18 Å². The molecule has 1 aliphatic heterocycles. The number of hydrogen-bond acceptors (Lipinski definition) is 3. The summed E-state index contributed by atoms with van der Waals surface area (Å²) in [6.07, 6.45) is 4.75. The number of rotatable bonds is 7. The molecule has 4 nitrogen and oxygen atoms in total. The highest BCUT2D eigenvalue weighted by Gasteiger charge is 2.30. The molecule has 2 N–H and O–H groups in total. The van der Waals surface area contributed by atoms with Crippen molar-refractivity contribution in [3.63, 3.8) is 0 Å². The van der Waals surface area contributed by atoms with E-state index < -0.39 is 5.82 Å². The molecule has 1 atom stereocenters. The number of nitrogens with zero attached hydrogens (tertiary/aromatic N) is 1. The maximum absolute atomic E-state index is 14.3. The van der Waals surface area contributed by atoms with Gasteiger partial charge in [0.2, 0.25) is 0 Å². The van der Waals surface area contributed by atoms with E-state index >= 15 is 0 Å². The first-order chi connectivity index (χ1) is 13.1. The van der Waals surface area contributed by atoms with Crippen molar-refractivity contribution in [3.05, 3.63) is 59.4 Å². The van der Waals surface area contributed by atoms with Crippen LogP contribution in [-0.4, -0.2) is 29.9 Å². The molecule has 2 aromatic rings. The molecule has 1 fully saturated rings. The van der Waals surface area contributed by atoms with Crippen LogP contribution in [0.3, 0.4) is 0 Å². The molecule has 1 unspecified atom stereocenters. The highest BCUT2D eigenvalue weighted by atomic mass is 19.1. The van der Waals surface area contributed by atoms with Crippen molar-refractivity contribution < 1.29 is 13.9 Å². The topological polar surface area (TPSA) is 55.6 Å². The fraction of sp³-hybridized carbons (Fsp3) is 0.409. The number of carbonyl (C=O) groups is 1. The SMILES string of the molecule is CCCC1CCCN1C(=O)c1cc(Oc2ccc(CCN)cc2)ccc1F. The summed E-state index contributed by atoms with van der Waals surface area (Å²) >= 11 is 0. The molecule has 5 heteroatoms. The van der Waals surface area contributed by atoms with Gasteiger partial charge < -0.3 is 15.4 Å². The molecule has 3 rings (SSSR count). The number of likely N-dealkylation sites (tertiary alicyclic amines) is 1. The van der Waals surface area contributed by atoms with Crippen molar-refractivity contribution in [1.82, 2.24) is 4.90 Å². The Morgan fingerprint density at radius 3 is 2.67 bits per heavy atom. The summed E-state index contributed by atoms with van der Waals surface area (Å²) in [6.45, 7) is 3.39. The first-order valence-corrected chi connectivity index (χ1v) is 9.69. The first-order valence-electron chi connectivity index (χ1n) is 9.69. The van der Waals surface area contributed by atoms with Crippen LogP contribution in [0, 0.1) is 5.82 Å². The molecule has 0 bridgehead atoms. The lowest BCUT2D eigenvalue weighted by Gasteiger charge is -2.24. The standard InChI is InChI=1S/C22H27FN2O2/c1-2-4-17-5-3-14-25(17)22(26)20-15-19(10-11-21(20)23)27-18-8-6-16(7-9-18)12-13-24/h6-11,15,17H,2-5,12-14,24H2,1H3. The Hall–Kier alpha value is -2.40. The van der Waals surface area contributed by atoms with E-state index in [0.717, 1.165) is 37.7 Å². The van der Waals surface area contributed by atoms with Gasteiger partial charge in [-0.05, 0) is 68.1 Å². The number of hydrogen-bond donors (Lipinski definition) is 1. The molecule has 1 saturated heterocycles. The van der Waals surface area contributed by atoms with Crippen molar-refractivity contribution in [2.75, 3.05) is 13.1 Å². The predicted octanol–water partition coefficient (Wildman–Crippen LogP) is 4.52. The summed E-state index contributed by atoms with van der Waals surface area (Å²) < 4.78 is 20.2. The number of benzene rings is 2. The molecule has 1 heterocycles. The van der Waals surface area contributed by atoms with Gasteiger partial charge in [0, 0.05) is 12.6 Å². The second-order valence-corrected chi connectivity index (χ2v) is 7.01. The number of halogens is 1. The molecular weight excluding hydrogens is 343 g/mol. The highest BCUT2D eigenvalue weighted by Crippen LogP contribution is 2.28. The van der Waals surface area contributed by atoms with Gasteiger partial charge in [-0.15, -0.1) is 0 Å². The summed E-state index contributed by atoms with van der Waals surface area (Å²) in [6, 6.07) is 12.2.